The molecule has 2 aromatic rings. The average Bonchev–Trinajstić information content (AvgIpc) is 2.82. The zero-order chi connectivity index (χ0) is 14.6. The second-order valence-corrected chi connectivity index (χ2v) is 7.19. The molecule has 0 radical (unpaired) electrons. The minimum atomic E-state index is 0.172. The lowest BCUT2D eigenvalue weighted by atomic mass is 10.1. The Labute approximate surface area is 126 Å². The predicted molar refractivity (Wildman–Crippen MR) is 88.4 cm³/mol. The number of hydrogen-bond donors (Lipinski definition) is 1. The topological polar surface area (TPSA) is 24.9 Å². The summed E-state index contributed by atoms with van der Waals surface area (Å²) in [6.07, 6.45) is 2.05. The minimum Gasteiger partial charge on any atom is -0.312 e. The van der Waals surface area contributed by atoms with E-state index in [0.717, 1.165) is 19.4 Å². The van der Waals surface area contributed by atoms with Crippen LogP contribution in [-0.4, -0.2) is 17.1 Å². The van der Waals surface area contributed by atoms with Crippen LogP contribution in [0.4, 0.5) is 0 Å². The van der Waals surface area contributed by atoms with Gasteiger partial charge in [0.2, 0.25) is 0 Å². The molecule has 0 spiro atoms. The number of hydrogen-bond acceptors (Lipinski definition) is 3. The molecule has 0 fully saturated rings. The molecule has 2 nitrogen and oxygen atoms in total. The molecule has 0 unspecified atom stereocenters. The van der Waals surface area contributed by atoms with Crippen molar-refractivity contribution >= 4 is 11.3 Å². The Morgan fingerprint density at radius 2 is 1.85 bits per heavy atom. The molecule has 0 atom stereocenters. The fraction of sp³-hybridized carbons (Fsp3) is 0.471. The van der Waals surface area contributed by atoms with Crippen LogP contribution in [0.5, 0.6) is 0 Å². The first-order chi connectivity index (χ1) is 9.49. The lowest BCUT2D eigenvalue weighted by Crippen LogP contribution is -2.37. The lowest BCUT2D eigenvalue weighted by molar-refractivity contribution is 0.430. The molecule has 1 heterocycles. The van der Waals surface area contributed by atoms with Gasteiger partial charge in [-0.2, -0.15) is 0 Å². The number of nitrogens with zero attached hydrogens (tertiary/aromatic N) is 1. The Kier molecular flexibility index (Phi) is 4.95. The summed E-state index contributed by atoms with van der Waals surface area (Å²) in [4.78, 5) is 6.20. The lowest BCUT2D eigenvalue weighted by Gasteiger charge is -2.20. The number of rotatable bonds is 5. The summed E-state index contributed by atoms with van der Waals surface area (Å²) in [6, 6.07) is 10.5. The van der Waals surface area contributed by atoms with Gasteiger partial charge in [0, 0.05) is 22.5 Å². The van der Waals surface area contributed by atoms with Crippen LogP contribution in [0.1, 0.15) is 37.6 Å². The zero-order valence-corrected chi connectivity index (χ0v) is 13.7. The van der Waals surface area contributed by atoms with Crippen LogP contribution in [0.15, 0.2) is 30.3 Å². The van der Waals surface area contributed by atoms with Crippen molar-refractivity contribution in [3.63, 3.8) is 0 Å². The van der Waals surface area contributed by atoms with E-state index in [2.05, 4.69) is 63.3 Å². The van der Waals surface area contributed by atoms with Crippen molar-refractivity contribution in [3.8, 4) is 11.3 Å². The predicted octanol–water partition coefficient (Wildman–Crippen LogP) is 4.30. The molecule has 2 rings (SSSR count). The van der Waals surface area contributed by atoms with Crippen LogP contribution < -0.4 is 5.32 Å². The maximum Gasteiger partial charge on any atom is 0.0932 e. The summed E-state index contributed by atoms with van der Waals surface area (Å²) in [5, 5.41) is 4.79. The summed E-state index contributed by atoms with van der Waals surface area (Å²) in [6.45, 7) is 9.78. The fourth-order valence-corrected chi connectivity index (χ4v) is 3.12. The molecular formula is C17H24N2S. The van der Waals surface area contributed by atoms with E-state index in [4.69, 9.17) is 4.98 Å². The van der Waals surface area contributed by atoms with Crippen LogP contribution in [0.3, 0.4) is 0 Å². The first-order valence-electron chi connectivity index (χ1n) is 7.28. The summed E-state index contributed by atoms with van der Waals surface area (Å²) < 4.78 is 0. The van der Waals surface area contributed by atoms with Gasteiger partial charge in [-0.25, -0.2) is 4.98 Å². The Hall–Kier alpha value is -1.19. The molecule has 1 N–H and O–H groups in total. The highest BCUT2D eigenvalue weighted by Crippen LogP contribution is 2.28. The zero-order valence-electron chi connectivity index (χ0n) is 12.9. The number of nitrogens with one attached hydrogen (secondary N) is 1. The third-order valence-electron chi connectivity index (χ3n) is 3.10. The van der Waals surface area contributed by atoms with E-state index in [1.807, 2.05) is 11.3 Å². The van der Waals surface area contributed by atoms with Crippen LogP contribution in [0.25, 0.3) is 11.3 Å². The van der Waals surface area contributed by atoms with Crippen LogP contribution >= 0.6 is 11.3 Å². The maximum atomic E-state index is 4.80. The molecule has 0 saturated carbocycles. The number of thiazole rings is 1. The Morgan fingerprint density at radius 3 is 2.45 bits per heavy atom. The van der Waals surface area contributed by atoms with Crippen molar-refractivity contribution in [3.05, 3.63) is 40.2 Å². The van der Waals surface area contributed by atoms with Gasteiger partial charge in [0.25, 0.3) is 0 Å². The van der Waals surface area contributed by atoms with Gasteiger partial charge in [-0.05, 0) is 33.6 Å². The summed E-state index contributed by atoms with van der Waals surface area (Å²) in [5.74, 6) is 0. The molecule has 0 aliphatic carbocycles. The largest absolute Gasteiger partial charge is 0.312 e. The number of aromatic nitrogens is 1. The highest BCUT2D eigenvalue weighted by Gasteiger charge is 2.13. The van der Waals surface area contributed by atoms with Crippen LogP contribution in [0, 0.1) is 0 Å². The monoisotopic (exact) mass is 288 g/mol. The quantitative estimate of drug-likeness (QED) is 0.887. The molecule has 1 aromatic carbocycles. The number of benzene rings is 1. The normalized spacial score (nSPS) is 11.8. The molecule has 20 heavy (non-hydrogen) atoms. The van der Waals surface area contributed by atoms with Crippen molar-refractivity contribution in [1.29, 1.82) is 0 Å². The summed E-state index contributed by atoms with van der Waals surface area (Å²) >= 11 is 1.85. The van der Waals surface area contributed by atoms with Crippen molar-refractivity contribution in [2.24, 2.45) is 0 Å². The van der Waals surface area contributed by atoms with Crippen molar-refractivity contribution < 1.29 is 0 Å². The van der Waals surface area contributed by atoms with E-state index in [-0.39, 0.29) is 5.54 Å². The van der Waals surface area contributed by atoms with Crippen molar-refractivity contribution in [1.82, 2.24) is 10.3 Å². The molecule has 1 aromatic heterocycles. The summed E-state index contributed by atoms with van der Waals surface area (Å²) in [5.41, 5.74) is 2.57. The summed E-state index contributed by atoms with van der Waals surface area (Å²) in [7, 11) is 0. The van der Waals surface area contributed by atoms with Gasteiger partial charge in [-0.3, -0.25) is 0 Å². The molecule has 108 valence electrons. The van der Waals surface area contributed by atoms with Gasteiger partial charge >= 0.3 is 0 Å². The van der Waals surface area contributed by atoms with E-state index in [1.165, 1.54) is 21.1 Å². The second-order valence-electron chi connectivity index (χ2n) is 6.03. The molecule has 0 aliphatic rings. The Morgan fingerprint density at radius 1 is 1.15 bits per heavy atom. The average molecular weight is 288 g/mol. The van der Waals surface area contributed by atoms with Gasteiger partial charge in [0.1, 0.15) is 0 Å². The third-order valence-corrected chi connectivity index (χ3v) is 4.36. The Balaban J connectivity index is 2.17. The van der Waals surface area contributed by atoms with E-state index >= 15 is 0 Å². The van der Waals surface area contributed by atoms with Gasteiger partial charge in [-0.15, -0.1) is 11.3 Å². The van der Waals surface area contributed by atoms with Gasteiger partial charge < -0.3 is 5.32 Å². The molecule has 0 aliphatic heterocycles. The molecule has 0 amide bonds. The Bertz CT molecular complexity index is 538. The van der Waals surface area contributed by atoms with E-state index in [9.17, 15) is 0 Å². The molecular weight excluding hydrogens is 264 g/mol. The maximum absolute atomic E-state index is 4.80. The van der Waals surface area contributed by atoms with Gasteiger partial charge in [0.15, 0.2) is 0 Å². The standard InChI is InChI=1S/C17H24N2S/c1-5-15-19-16(13-9-7-6-8-10-13)14(20-15)11-12-18-17(2,3)4/h6-10,18H,5,11-12H2,1-4H3. The minimum absolute atomic E-state index is 0.172. The SMILES string of the molecule is CCc1nc(-c2ccccc2)c(CCNC(C)(C)C)s1. The highest BCUT2D eigenvalue weighted by atomic mass is 32.1. The van der Waals surface area contributed by atoms with Gasteiger partial charge in [0.05, 0.1) is 10.7 Å². The first-order valence-corrected chi connectivity index (χ1v) is 8.10. The van der Waals surface area contributed by atoms with E-state index < -0.39 is 0 Å². The molecule has 3 heteroatoms. The van der Waals surface area contributed by atoms with Crippen molar-refractivity contribution in [2.75, 3.05) is 6.54 Å². The third kappa shape index (κ3) is 4.15. The van der Waals surface area contributed by atoms with Gasteiger partial charge in [-0.1, -0.05) is 37.3 Å². The number of aryl methyl sites for hydroxylation is 1. The van der Waals surface area contributed by atoms with Crippen LogP contribution in [-0.2, 0) is 12.8 Å². The highest BCUT2D eigenvalue weighted by molar-refractivity contribution is 7.12. The van der Waals surface area contributed by atoms with Crippen molar-refractivity contribution in [2.45, 2.75) is 46.1 Å². The van der Waals surface area contributed by atoms with Crippen LogP contribution in [0.2, 0.25) is 0 Å². The fourth-order valence-electron chi connectivity index (χ4n) is 2.09. The molecule has 0 saturated heterocycles. The first kappa shape index (κ1) is 15.2. The van der Waals surface area contributed by atoms with E-state index in [0.29, 0.717) is 0 Å². The molecule has 0 bridgehead atoms. The van der Waals surface area contributed by atoms with E-state index in [1.54, 1.807) is 0 Å². The second kappa shape index (κ2) is 6.51. The smallest absolute Gasteiger partial charge is 0.0932 e.